The van der Waals surface area contributed by atoms with Crippen LogP contribution in [0.3, 0.4) is 0 Å². The predicted octanol–water partition coefficient (Wildman–Crippen LogP) is 1.10. The zero-order valence-corrected chi connectivity index (χ0v) is 10.5. The van der Waals surface area contributed by atoms with E-state index in [-0.39, 0.29) is 0 Å². The van der Waals surface area contributed by atoms with Crippen LogP contribution in [-0.4, -0.2) is 16.1 Å². The predicted molar refractivity (Wildman–Crippen MR) is 71.7 cm³/mol. The van der Waals surface area contributed by atoms with Gasteiger partial charge in [0.2, 0.25) is 0 Å². The Morgan fingerprint density at radius 2 is 1.94 bits per heavy atom. The van der Waals surface area contributed by atoms with E-state index >= 15 is 0 Å². The second-order valence-electron chi connectivity index (χ2n) is 3.29. The Hall–Kier alpha value is -1.56. The van der Waals surface area contributed by atoms with Gasteiger partial charge in [-0.1, -0.05) is 23.4 Å². The number of rotatable bonds is 0. The maximum absolute atomic E-state index is 11.3. The molecule has 2 aromatic rings. The minimum absolute atomic E-state index is 0.452. The topological polar surface area (TPSA) is 65.7 Å². The maximum Gasteiger partial charge on any atom is 0.314 e. The van der Waals surface area contributed by atoms with Gasteiger partial charge >= 0.3 is 11.1 Å². The highest BCUT2D eigenvalue weighted by Crippen LogP contribution is 2.18. The number of H-pyrrole nitrogens is 2. The molecule has 0 radical (unpaired) electrons. The molecule has 1 unspecified atom stereocenters. The molecular formula is C11H8ClN2O2P. The van der Waals surface area contributed by atoms with Gasteiger partial charge in [0.05, 0.1) is 16.6 Å². The van der Waals surface area contributed by atoms with Crippen LogP contribution in [0.4, 0.5) is 0 Å². The number of aromatic nitrogens is 2. The summed E-state index contributed by atoms with van der Waals surface area (Å²) in [4.78, 5) is 27.4. The molecule has 2 N–H and O–H groups in total. The van der Waals surface area contributed by atoms with E-state index in [0.29, 0.717) is 27.8 Å². The molecule has 4 nitrogen and oxygen atoms in total. The average molecular weight is 267 g/mol. The van der Waals surface area contributed by atoms with Crippen LogP contribution in [0, 0.1) is 11.8 Å². The molecule has 1 heterocycles. The van der Waals surface area contributed by atoms with Crippen LogP contribution in [0.5, 0.6) is 0 Å². The van der Waals surface area contributed by atoms with E-state index in [9.17, 15) is 9.59 Å². The molecule has 0 spiro atoms. The summed E-state index contributed by atoms with van der Waals surface area (Å²) in [6.07, 6.45) is 0.613. The lowest BCUT2D eigenvalue weighted by Crippen LogP contribution is -2.29. The SMILES string of the molecule is O=c1[nH]c2cc(Cl)cc(C#CCP)c2[nH]c1=O. The van der Waals surface area contributed by atoms with Gasteiger partial charge in [0.15, 0.2) is 0 Å². The Morgan fingerprint density at radius 3 is 2.65 bits per heavy atom. The Balaban J connectivity index is 2.87. The summed E-state index contributed by atoms with van der Waals surface area (Å²) in [5.74, 6) is 5.74. The van der Waals surface area contributed by atoms with Crippen molar-refractivity contribution in [2.24, 2.45) is 0 Å². The van der Waals surface area contributed by atoms with Crippen molar-refractivity contribution in [1.82, 2.24) is 9.97 Å². The maximum atomic E-state index is 11.3. The van der Waals surface area contributed by atoms with E-state index in [0.717, 1.165) is 0 Å². The molecule has 0 aliphatic rings. The first-order valence-corrected chi connectivity index (χ1v) is 5.96. The van der Waals surface area contributed by atoms with Crippen LogP contribution in [0.1, 0.15) is 5.56 Å². The van der Waals surface area contributed by atoms with Gasteiger partial charge in [0.1, 0.15) is 0 Å². The molecule has 1 aromatic heterocycles. The third-order valence-electron chi connectivity index (χ3n) is 2.12. The number of hydrogen-bond donors (Lipinski definition) is 2. The lowest BCUT2D eigenvalue weighted by molar-refractivity contribution is 1.14. The number of fused-ring (bicyclic) bond motifs is 1. The average Bonchev–Trinajstić information content (AvgIpc) is 2.28. The molecule has 0 aliphatic carbocycles. The first kappa shape index (κ1) is 11.9. The number of aromatic amines is 2. The minimum atomic E-state index is -0.704. The van der Waals surface area contributed by atoms with Gasteiger partial charge in [0, 0.05) is 11.2 Å². The number of nitrogens with one attached hydrogen (secondary N) is 2. The van der Waals surface area contributed by atoms with Crippen LogP contribution in [0.25, 0.3) is 11.0 Å². The molecule has 86 valence electrons. The first-order chi connectivity index (χ1) is 8.11. The van der Waals surface area contributed by atoms with E-state index in [2.05, 4.69) is 31.0 Å². The Labute approximate surface area is 104 Å². The molecule has 0 bridgehead atoms. The van der Waals surface area contributed by atoms with E-state index in [4.69, 9.17) is 11.6 Å². The Kier molecular flexibility index (Phi) is 3.33. The summed E-state index contributed by atoms with van der Waals surface area (Å²) in [5.41, 5.74) is 0.141. The summed E-state index contributed by atoms with van der Waals surface area (Å²) >= 11 is 5.91. The molecule has 0 fully saturated rings. The zero-order valence-electron chi connectivity index (χ0n) is 8.63. The lowest BCUT2D eigenvalue weighted by Gasteiger charge is -2.01. The third kappa shape index (κ3) is 2.41. The van der Waals surface area contributed by atoms with E-state index in [1.54, 1.807) is 12.1 Å². The van der Waals surface area contributed by atoms with Crippen molar-refractivity contribution in [3.05, 3.63) is 43.4 Å². The highest BCUT2D eigenvalue weighted by atomic mass is 35.5. The molecule has 17 heavy (non-hydrogen) atoms. The molecule has 0 aliphatic heterocycles. The van der Waals surface area contributed by atoms with Gasteiger partial charge in [-0.15, -0.1) is 9.24 Å². The fraction of sp³-hybridized carbons (Fsp3) is 0.0909. The fourth-order valence-corrected chi connectivity index (χ4v) is 1.75. The van der Waals surface area contributed by atoms with Crippen LogP contribution < -0.4 is 11.1 Å². The lowest BCUT2D eigenvalue weighted by atomic mass is 10.2. The van der Waals surface area contributed by atoms with Crippen molar-refractivity contribution in [1.29, 1.82) is 0 Å². The molecular weight excluding hydrogens is 259 g/mol. The smallest absolute Gasteiger partial charge is 0.314 e. The summed E-state index contributed by atoms with van der Waals surface area (Å²) in [7, 11) is 2.48. The third-order valence-corrected chi connectivity index (χ3v) is 2.54. The molecule has 0 amide bonds. The molecule has 1 aromatic carbocycles. The summed E-state index contributed by atoms with van der Waals surface area (Å²) < 4.78 is 0. The van der Waals surface area contributed by atoms with E-state index in [1.165, 1.54) is 0 Å². The van der Waals surface area contributed by atoms with Crippen LogP contribution in [-0.2, 0) is 0 Å². The van der Waals surface area contributed by atoms with Crippen molar-refractivity contribution in [3.63, 3.8) is 0 Å². The van der Waals surface area contributed by atoms with Crippen molar-refractivity contribution >= 4 is 31.9 Å². The van der Waals surface area contributed by atoms with Crippen LogP contribution >= 0.6 is 20.8 Å². The second kappa shape index (κ2) is 4.75. The van der Waals surface area contributed by atoms with Gasteiger partial charge in [-0.05, 0) is 12.1 Å². The van der Waals surface area contributed by atoms with E-state index in [1.807, 2.05) is 0 Å². The minimum Gasteiger partial charge on any atom is -0.316 e. The molecule has 0 saturated carbocycles. The summed E-state index contributed by atoms with van der Waals surface area (Å²) in [6.45, 7) is 0. The Bertz CT molecular complexity index is 752. The van der Waals surface area contributed by atoms with Crippen molar-refractivity contribution in [3.8, 4) is 11.8 Å². The fourth-order valence-electron chi connectivity index (χ4n) is 1.43. The largest absolute Gasteiger partial charge is 0.316 e. The number of halogens is 1. The van der Waals surface area contributed by atoms with Crippen molar-refractivity contribution < 1.29 is 0 Å². The zero-order chi connectivity index (χ0) is 12.4. The van der Waals surface area contributed by atoms with Crippen LogP contribution in [0.15, 0.2) is 21.7 Å². The van der Waals surface area contributed by atoms with E-state index < -0.39 is 11.1 Å². The molecule has 6 heteroatoms. The summed E-state index contributed by atoms with van der Waals surface area (Å²) in [5, 5.41) is 0.452. The van der Waals surface area contributed by atoms with Crippen molar-refractivity contribution in [2.45, 2.75) is 0 Å². The highest BCUT2D eigenvalue weighted by molar-refractivity contribution is 7.16. The quantitative estimate of drug-likeness (QED) is 0.426. The number of hydrogen-bond acceptors (Lipinski definition) is 2. The summed E-state index contributed by atoms with van der Waals surface area (Å²) in [6, 6.07) is 3.21. The van der Waals surface area contributed by atoms with Gasteiger partial charge < -0.3 is 9.97 Å². The standard InChI is InChI=1S/C11H8ClN2O2P/c12-7-4-6(2-1-3-17)9-8(5-7)13-10(15)11(16)14-9/h4-5H,3,17H2,(H,13,15)(H,14,16). The molecule has 1 atom stereocenters. The number of benzene rings is 1. The molecule has 0 saturated heterocycles. The normalized spacial score (nSPS) is 10.0. The van der Waals surface area contributed by atoms with Gasteiger partial charge in [-0.2, -0.15) is 0 Å². The Morgan fingerprint density at radius 1 is 1.24 bits per heavy atom. The first-order valence-electron chi connectivity index (χ1n) is 4.76. The highest BCUT2D eigenvalue weighted by Gasteiger charge is 2.05. The van der Waals surface area contributed by atoms with Gasteiger partial charge in [0.25, 0.3) is 0 Å². The van der Waals surface area contributed by atoms with Crippen molar-refractivity contribution in [2.75, 3.05) is 6.16 Å². The second-order valence-corrected chi connectivity index (χ2v) is 4.13. The monoisotopic (exact) mass is 266 g/mol. The van der Waals surface area contributed by atoms with Gasteiger partial charge in [-0.3, -0.25) is 9.59 Å². The van der Waals surface area contributed by atoms with Crippen LogP contribution in [0.2, 0.25) is 5.02 Å². The van der Waals surface area contributed by atoms with Gasteiger partial charge in [-0.25, -0.2) is 0 Å². The molecule has 2 rings (SSSR count).